The van der Waals surface area contributed by atoms with E-state index < -0.39 is 18.2 Å². The molecular weight excluding hydrogens is 335 g/mol. The van der Waals surface area contributed by atoms with E-state index in [9.17, 15) is 19.4 Å². The number of hydrogen-bond donors (Lipinski definition) is 3. The standard InChI is InChI=1S/C21H21FO4/c22-18-15-13-17(14-16-18)7-5-10-19(23)8-3-1-2-4-9-20(24)11-6-12-21(25)26/h1-3,8,13-16,19-20,23-24H,6,10-12H2,(H,25,26)/b2-1+,8-3+/t19-,20+/m0/s1. The van der Waals surface area contributed by atoms with Gasteiger partial charge in [-0.05, 0) is 43.2 Å². The fraction of sp³-hybridized carbons (Fsp3) is 0.286. The van der Waals surface area contributed by atoms with Gasteiger partial charge < -0.3 is 15.3 Å². The number of benzene rings is 1. The third-order valence-electron chi connectivity index (χ3n) is 3.13. The lowest BCUT2D eigenvalue weighted by Crippen LogP contribution is -2.04. The van der Waals surface area contributed by atoms with Crippen LogP contribution in [0.3, 0.4) is 0 Å². The first-order valence-electron chi connectivity index (χ1n) is 8.14. The van der Waals surface area contributed by atoms with Gasteiger partial charge in [0.15, 0.2) is 0 Å². The minimum absolute atomic E-state index is 0.0132. The summed E-state index contributed by atoms with van der Waals surface area (Å²) in [5.41, 5.74) is 0.680. The highest BCUT2D eigenvalue weighted by Gasteiger charge is 2.01. The molecule has 0 fully saturated rings. The molecule has 5 heteroatoms. The number of carboxylic acids is 1. The maximum Gasteiger partial charge on any atom is 0.303 e. The lowest BCUT2D eigenvalue weighted by molar-refractivity contribution is -0.137. The van der Waals surface area contributed by atoms with Gasteiger partial charge in [-0.2, -0.15) is 0 Å². The van der Waals surface area contributed by atoms with Crippen LogP contribution in [0.25, 0.3) is 0 Å². The fourth-order valence-electron chi connectivity index (χ4n) is 1.82. The van der Waals surface area contributed by atoms with Crippen LogP contribution >= 0.6 is 0 Å². The van der Waals surface area contributed by atoms with Gasteiger partial charge >= 0.3 is 5.97 Å². The van der Waals surface area contributed by atoms with Crippen LogP contribution in [-0.4, -0.2) is 33.5 Å². The maximum atomic E-state index is 12.7. The molecule has 136 valence electrons. The molecule has 0 heterocycles. The minimum atomic E-state index is -0.892. The Hall–Kier alpha value is -2.86. The molecule has 0 aliphatic heterocycles. The van der Waals surface area contributed by atoms with Crippen molar-refractivity contribution in [3.05, 3.63) is 60.0 Å². The molecule has 0 aliphatic carbocycles. The first kappa shape index (κ1) is 21.2. The quantitative estimate of drug-likeness (QED) is 0.518. The zero-order valence-electron chi connectivity index (χ0n) is 14.2. The molecule has 0 amide bonds. The van der Waals surface area contributed by atoms with Crippen molar-refractivity contribution in [1.29, 1.82) is 0 Å². The fourth-order valence-corrected chi connectivity index (χ4v) is 1.82. The van der Waals surface area contributed by atoms with Crippen molar-refractivity contribution in [2.75, 3.05) is 0 Å². The van der Waals surface area contributed by atoms with Crippen LogP contribution in [0, 0.1) is 29.5 Å². The van der Waals surface area contributed by atoms with Crippen molar-refractivity contribution in [1.82, 2.24) is 0 Å². The SMILES string of the molecule is O=C(O)CCC[C@H](O)C#C/C=C/C=C/[C@H](O)CC#Cc1ccc(F)cc1. The predicted octanol–water partition coefficient (Wildman–Crippen LogP) is 2.66. The minimum Gasteiger partial charge on any atom is -0.481 e. The highest BCUT2D eigenvalue weighted by molar-refractivity contribution is 5.66. The van der Waals surface area contributed by atoms with Gasteiger partial charge in [0.05, 0.1) is 6.10 Å². The summed E-state index contributed by atoms with van der Waals surface area (Å²) in [5, 5.41) is 27.8. The lowest BCUT2D eigenvalue weighted by Gasteiger charge is -1.99. The molecule has 0 radical (unpaired) electrons. The third kappa shape index (κ3) is 10.8. The van der Waals surface area contributed by atoms with Crippen molar-refractivity contribution in [2.45, 2.75) is 37.9 Å². The summed E-state index contributed by atoms with van der Waals surface area (Å²) in [6.07, 6.45) is 5.68. The number of hydrogen-bond acceptors (Lipinski definition) is 3. The molecule has 0 aromatic heterocycles. The molecule has 26 heavy (non-hydrogen) atoms. The second kappa shape index (κ2) is 12.5. The number of carbonyl (C=O) groups is 1. The molecule has 0 spiro atoms. The Labute approximate surface area is 152 Å². The summed E-state index contributed by atoms with van der Waals surface area (Å²) in [4.78, 5) is 10.3. The molecular formula is C21H21FO4. The summed E-state index contributed by atoms with van der Waals surface area (Å²) in [6, 6.07) is 5.80. The topological polar surface area (TPSA) is 77.8 Å². The molecule has 1 rings (SSSR count). The van der Waals surface area contributed by atoms with E-state index in [1.165, 1.54) is 18.2 Å². The average molecular weight is 356 g/mol. The van der Waals surface area contributed by atoms with Gasteiger partial charge in [0.2, 0.25) is 0 Å². The highest BCUT2D eigenvalue weighted by Crippen LogP contribution is 2.01. The van der Waals surface area contributed by atoms with E-state index in [2.05, 4.69) is 23.7 Å². The summed E-state index contributed by atoms with van der Waals surface area (Å²) < 4.78 is 12.7. The number of aliphatic carboxylic acids is 1. The smallest absolute Gasteiger partial charge is 0.303 e. The summed E-state index contributed by atoms with van der Waals surface area (Å²) in [6.45, 7) is 0. The lowest BCUT2D eigenvalue weighted by atomic mass is 10.1. The van der Waals surface area contributed by atoms with Gasteiger partial charge in [-0.15, -0.1) is 0 Å². The van der Waals surface area contributed by atoms with E-state index in [-0.39, 0.29) is 18.7 Å². The molecule has 0 bridgehead atoms. The second-order valence-corrected chi connectivity index (χ2v) is 5.41. The summed E-state index contributed by atoms with van der Waals surface area (Å²) in [5.74, 6) is 9.67. The van der Waals surface area contributed by atoms with E-state index in [1.807, 2.05) is 0 Å². The second-order valence-electron chi connectivity index (χ2n) is 5.41. The normalized spacial score (nSPS) is 12.9. The number of aliphatic hydroxyl groups excluding tert-OH is 2. The van der Waals surface area contributed by atoms with Gasteiger partial charge in [-0.25, -0.2) is 4.39 Å². The van der Waals surface area contributed by atoms with E-state index in [4.69, 9.17) is 5.11 Å². The van der Waals surface area contributed by atoms with Gasteiger partial charge in [0.25, 0.3) is 0 Å². The van der Waals surface area contributed by atoms with Crippen LogP contribution in [0.15, 0.2) is 48.6 Å². The van der Waals surface area contributed by atoms with Crippen molar-refractivity contribution in [2.24, 2.45) is 0 Å². The molecule has 3 N–H and O–H groups in total. The maximum absolute atomic E-state index is 12.7. The highest BCUT2D eigenvalue weighted by atomic mass is 19.1. The van der Waals surface area contributed by atoms with Crippen LogP contribution < -0.4 is 0 Å². The number of aliphatic hydroxyl groups is 2. The van der Waals surface area contributed by atoms with E-state index >= 15 is 0 Å². The van der Waals surface area contributed by atoms with Crippen LogP contribution in [-0.2, 0) is 4.79 Å². The van der Waals surface area contributed by atoms with Crippen LogP contribution in [0.5, 0.6) is 0 Å². The van der Waals surface area contributed by atoms with Gasteiger partial charge in [0.1, 0.15) is 11.9 Å². The van der Waals surface area contributed by atoms with Crippen LogP contribution in [0.4, 0.5) is 4.39 Å². The van der Waals surface area contributed by atoms with E-state index in [0.29, 0.717) is 18.4 Å². The number of allylic oxidation sites excluding steroid dienone is 3. The Morgan fingerprint density at radius 2 is 1.92 bits per heavy atom. The molecule has 1 aromatic rings. The zero-order chi connectivity index (χ0) is 19.2. The van der Waals surface area contributed by atoms with Gasteiger partial charge in [-0.3, -0.25) is 4.79 Å². The van der Waals surface area contributed by atoms with Crippen molar-refractivity contribution in [3.8, 4) is 23.7 Å². The Morgan fingerprint density at radius 1 is 1.19 bits per heavy atom. The molecule has 0 saturated carbocycles. The van der Waals surface area contributed by atoms with Crippen molar-refractivity contribution >= 4 is 5.97 Å². The van der Waals surface area contributed by atoms with E-state index in [1.54, 1.807) is 30.4 Å². The van der Waals surface area contributed by atoms with Crippen LogP contribution in [0.1, 0.15) is 31.2 Å². The third-order valence-corrected chi connectivity index (χ3v) is 3.13. The predicted molar refractivity (Wildman–Crippen MR) is 97.5 cm³/mol. The summed E-state index contributed by atoms with van der Waals surface area (Å²) in [7, 11) is 0. The van der Waals surface area contributed by atoms with Crippen molar-refractivity contribution in [3.63, 3.8) is 0 Å². The Kier molecular flexibility index (Phi) is 10.2. The molecule has 0 saturated heterocycles. The Balaban J connectivity index is 2.30. The van der Waals surface area contributed by atoms with Crippen LogP contribution in [0.2, 0.25) is 0 Å². The molecule has 2 atom stereocenters. The number of carboxylic acid groups (broad SMARTS) is 1. The first-order chi connectivity index (χ1) is 12.5. The molecule has 1 aromatic carbocycles. The molecule has 4 nitrogen and oxygen atoms in total. The molecule has 0 aliphatic rings. The Morgan fingerprint density at radius 3 is 2.62 bits per heavy atom. The van der Waals surface area contributed by atoms with Crippen molar-refractivity contribution < 1.29 is 24.5 Å². The summed E-state index contributed by atoms with van der Waals surface area (Å²) >= 11 is 0. The first-order valence-corrected chi connectivity index (χ1v) is 8.14. The van der Waals surface area contributed by atoms with E-state index in [0.717, 1.165) is 0 Å². The number of rotatable bonds is 7. The van der Waals surface area contributed by atoms with Gasteiger partial charge in [-0.1, -0.05) is 41.9 Å². The van der Waals surface area contributed by atoms with Gasteiger partial charge in [0, 0.05) is 18.4 Å². The monoisotopic (exact) mass is 356 g/mol. The largest absolute Gasteiger partial charge is 0.481 e. The number of halogens is 1. The molecule has 0 unspecified atom stereocenters. The Bertz CT molecular complexity index is 742. The average Bonchev–Trinajstić information content (AvgIpc) is 2.59. The zero-order valence-corrected chi connectivity index (χ0v) is 14.2.